The van der Waals surface area contributed by atoms with E-state index in [0.717, 1.165) is 19.5 Å². The Labute approximate surface area is 118 Å². The average molecular weight is 260 g/mol. The SMILES string of the molecule is CCC1(C)CN(CCc2ccccc2)C(C)CCN1. The van der Waals surface area contributed by atoms with Crippen molar-refractivity contribution in [2.45, 2.75) is 51.6 Å². The van der Waals surface area contributed by atoms with E-state index in [1.54, 1.807) is 0 Å². The summed E-state index contributed by atoms with van der Waals surface area (Å²) in [7, 11) is 0. The zero-order valence-corrected chi connectivity index (χ0v) is 12.7. The summed E-state index contributed by atoms with van der Waals surface area (Å²) in [6.07, 6.45) is 3.61. The Morgan fingerprint density at radius 1 is 1.32 bits per heavy atom. The molecule has 106 valence electrons. The Morgan fingerprint density at radius 3 is 2.74 bits per heavy atom. The van der Waals surface area contributed by atoms with Gasteiger partial charge in [-0.1, -0.05) is 37.3 Å². The maximum absolute atomic E-state index is 3.72. The molecular weight excluding hydrogens is 232 g/mol. The van der Waals surface area contributed by atoms with Crippen LogP contribution in [-0.4, -0.2) is 36.1 Å². The van der Waals surface area contributed by atoms with Gasteiger partial charge in [0.15, 0.2) is 0 Å². The third-order valence-corrected chi connectivity index (χ3v) is 4.60. The number of hydrogen-bond acceptors (Lipinski definition) is 2. The van der Waals surface area contributed by atoms with Gasteiger partial charge in [-0.05, 0) is 45.2 Å². The van der Waals surface area contributed by atoms with Gasteiger partial charge in [0, 0.05) is 24.7 Å². The van der Waals surface area contributed by atoms with Crippen LogP contribution in [0.25, 0.3) is 0 Å². The fourth-order valence-electron chi connectivity index (χ4n) is 2.88. The molecule has 1 fully saturated rings. The Hall–Kier alpha value is -0.860. The van der Waals surface area contributed by atoms with Gasteiger partial charge in [0.1, 0.15) is 0 Å². The van der Waals surface area contributed by atoms with Crippen molar-refractivity contribution < 1.29 is 0 Å². The van der Waals surface area contributed by atoms with Crippen LogP contribution in [0.4, 0.5) is 0 Å². The first-order valence-corrected chi connectivity index (χ1v) is 7.66. The van der Waals surface area contributed by atoms with Gasteiger partial charge in [-0.15, -0.1) is 0 Å². The summed E-state index contributed by atoms with van der Waals surface area (Å²) < 4.78 is 0. The minimum absolute atomic E-state index is 0.279. The van der Waals surface area contributed by atoms with E-state index in [1.165, 1.54) is 24.9 Å². The Bertz CT molecular complexity index is 376. The van der Waals surface area contributed by atoms with Crippen molar-refractivity contribution in [1.29, 1.82) is 0 Å². The van der Waals surface area contributed by atoms with Gasteiger partial charge in [0.05, 0.1) is 0 Å². The average Bonchev–Trinajstić information content (AvgIpc) is 2.58. The van der Waals surface area contributed by atoms with Crippen LogP contribution in [0.1, 0.15) is 39.2 Å². The van der Waals surface area contributed by atoms with E-state index in [2.05, 4.69) is 61.3 Å². The first-order chi connectivity index (χ1) is 9.13. The van der Waals surface area contributed by atoms with Crippen molar-refractivity contribution in [3.8, 4) is 0 Å². The van der Waals surface area contributed by atoms with Crippen molar-refractivity contribution in [3.05, 3.63) is 35.9 Å². The lowest BCUT2D eigenvalue weighted by molar-refractivity contribution is 0.173. The van der Waals surface area contributed by atoms with Gasteiger partial charge < -0.3 is 5.32 Å². The topological polar surface area (TPSA) is 15.3 Å². The van der Waals surface area contributed by atoms with Crippen LogP contribution < -0.4 is 5.32 Å². The lowest BCUT2D eigenvalue weighted by Crippen LogP contribution is -2.49. The van der Waals surface area contributed by atoms with Crippen molar-refractivity contribution >= 4 is 0 Å². The van der Waals surface area contributed by atoms with Gasteiger partial charge in [-0.25, -0.2) is 0 Å². The van der Waals surface area contributed by atoms with Crippen LogP contribution in [0.3, 0.4) is 0 Å². The highest BCUT2D eigenvalue weighted by atomic mass is 15.2. The van der Waals surface area contributed by atoms with E-state index < -0.39 is 0 Å². The molecule has 1 saturated heterocycles. The highest BCUT2D eigenvalue weighted by Gasteiger charge is 2.29. The highest BCUT2D eigenvalue weighted by Crippen LogP contribution is 2.19. The monoisotopic (exact) mass is 260 g/mol. The van der Waals surface area contributed by atoms with Crippen LogP contribution in [0, 0.1) is 0 Å². The molecule has 0 amide bonds. The second kappa shape index (κ2) is 6.53. The molecular formula is C17H28N2. The van der Waals surface area contributed by atoms with Crippen LogP contribution in [0.2, 0.25) is 0 Å². The third-order valence-electron chi connectivity index (χ3n) is 4.60. The highest BCUT2D eigenvalue weighted by molar-refractivity contribution is 5.15. The second-order valence-corrected chi connectivity index (χ2v) is 6.18. The first-order valence-electron chi connectivity index (χ1n) is 7.66. The molecule has 2 heteroatoms. The molecule has 2 atom stereocenters. The van der Waals surface area contributed by atoms with E-state index in [-0.39, 0.29) is 5.54 Å². The molecule has 1 aromatic rings. The normalized spacial score (nSPS) is 29.1. The van der Waals surface area contributed by atoms with E-state index in [0.29, 0.717) is 6.04 Å². The molecule has 2 unspecified atom stereocenters. The smallest absolute Gasteiger partial charge is 0.0277 e. The van der Waals surface area contributed by atoms with Crippen LogP contribution >= 0.6 is 0 Å². The number of nitrogens with zero attached hydrogens (tertiary/aromatic N) is 1. The standard InChI is InChI=1S/C17H28N2/c1-4-17(3)14-19(15(2)10-12-18-17)13-11-16-8-6-5-7-9-16/h5-9,15,18H,4,10-14H2,1-3H3. The summed E-state index contributed by atoms with van der Waals surface area (Å²) in [4.78, 5) is 2.66. The molecule has 1 aliphatic heterocycles. The summed E-state index contributed by atoms with van der Waals surface area (Å²) in [6, 6.07) is 11.5. The summed E-state index contributed by atoms with van der Waals surface area (Å²) in [5, 5.41) is 3.72. The maximum Gasteiger partial charge on any atom is 0.0277 e. The largest absolute Gasteiger partial charge is 0.310 e. The summed E-state index contributed by atoms with van der Waals surface area (Å²) in [6.45, 7) is 10.5. The molecule has 0 spiro atoms. The lowest BCUT2D eigenvalue weighted by atomic mass is 9.98. The zero-order valence-electron chi connectivity index (χ0n) is 12.7. The van der Waals surface area contributed by atoms with Gasteiger partial charge in [0.2, 0.25) is 0 Å². The lowest BCUT2D eigenvalue weighted by Gasteiger charge is -2.35. The minimum Gasteiger partial charge on any atom is -0.310 e. The van der Waals surface area contributed by atoms with E-state index in [1.807, 2.05) is 0 Å². The summed E-state index contributed by atoms with van der Waals surface area (Å²) in [5.74, 6) is 0. The number of rotatable bonds is 4. The van der Waals surface area contributed by atoms with Gasteiger partial charge >= 0.3 is 0 Å². The molecule has 1 aliphatic rings. The molecule has 19 heavy (non-hydrogen) atoms. The first kappa shape index (κ1) is 14.5. The van der Waals surface area contributed by atoms with Crippen molar-refractivity contribution in [2.24, 2.45) is 0 Å². The molecule has 2 rings (SSSR count). The third kappa shape index (κ3) is 4.05. The molecule has 0 saturated carbocycles. The molecule has 1 heterocycles. The maximum atomic E-state index is 3.72. The second-order valence-electron chi connectivity index (χ2n) is 6.18. The van der Waals surface area contributed by atoms with Crippen molar-refractivity contribution in [3.63, 3.8) is 0 Å². The van der Waals surface area contributed by atoms with Crippen molar-refractivity contribution in [2.75, 3.05) is 19.6 Å². The number of benzene rings is 1. The predicted octanol–water partition coefficient (Wildman–Crippen LogP) is 3.08. The van der Waals surface area contributed by atoms with Gasteiger partial charge in [-0.2, -0.15) is 0 Å². The number of hydrogen-bond donors (Lipinski definition) is 1. The van der Waals surface area contributed by atoms with Gasteiger partial charge in [-0.3, -0.25) is 4.90 Å². The predicted molar refractivity (Wildman–Crippen MR) is 82.5 cm³/mol. The summed E-state index contributed by atoms with van der Waals surface area (Å²) in [5.41, 5.74) is 1.73. The molecule has 0 aromatic heterocycles. The zero-order chi connectivity index (χ0) is 13.7. The van der Waals surface area contributed by atoms with Crippen molar-refractivity contribution in [1.82, 2.24) is 10.2 Å². The Kier molecular flexibility index (Phi) is 5.00. The van der Waals surface area contributed by atoms with E-state index in [9.17, 15) is 0 Å². The molecule has 1 aromatic carbocycles. The quantitative estimate of drug-likeness (QED) is 0.895. The van der Waals surface area contributed by atoms with Crippen LogP contribution in [0.15, 0.2) is 30.3 Å². The molecule has 2 nitrogen and oxygen atoms in total. The summed E-state index contributed by atoms with van der Waals surface area (Å²) >= 11 is 0. The molecule has 0 radical (unpaired) electrons. The van der Waals surface area contributed by atoms with E-state index in [4.69, 9.17) is 0 Å². The number of nitrogens with one attached hydrogen (secondary N) is 1. The van der Waals surface area contributed by atoms with Crippen LogP contribution in [0.5, 0.6) is 0 Å². The van der Waals surface area contributed by atoms with E-state index >= 15 is 0 Å². The molecule has 1 N–H and O–H groups in total. The fourth-order valence-corrected chi connectivity index (χ4v) is 2.88. The Morgan fingerprint density at radius 2 is 2.05 bits per heavy atom. The van der Waals surface area contributed by atoms with Crippen LogP contribution in [-0.2, 0) is 6.42 Å². The minimum atomic E-state index is 0.279. The fraction of sp³-hybridized carbons (Fsp3) is 0.647. The Balaban J connectivity index is 1.96. The molecule has 0 bridgehead atoms. The van der Waals surface area contributed by atoms with Gasteiger partial charge in [0.25, 0.3) is 0 Å². The molecule has 0 aliphatic carbocycles.